The van der Waals surface area contributed by atoms with Crippen molar-refractivity contribution in [2.24, 2.45) is 5.11 Å². The molecule has 2 heterocycles. The summed E-state index contributed by atoms with van der Waals surface area (Å²) in [7, 11) is 0. The van der Waals surface area contributed by atoms with Crippen LogP contribution in [-0.2, 0) is 4.74 Å². The first-order valence-electron chi connectivity index (χ1n) is 6.02. The summed E-state index contributed by atoms with van der Waals surface area (Å²) >= 11 is 0. The topological polar surface area (TPSA) is 71.1 Å². The van der Waals surface area contributed by atoms with Gasteiger partial charge in [0.2, 0.25) is 0 Å². The van der Waals surface area contributed by atoms with E-state index in [9.17, 15) is 0 Å². The third kappa shape index (κ3) is 1.94. The number of benzene rings is 1. The molecule has 5 nitrogen and oxygen atoms in total. The number of fused-ring (bicyclic) bond motifs is 1. The van der Waals surface area contributed by atoms with E-state index in [1.165, 1.54) is 0 Å². The molecule has 2 aromatic rings. The largest absolute Gasteiger partial charge is 0.464 e. The van der Waals surface area contributed by atoms with Gasteiger partial charge in [-0.2, -0.15) is 0 Å². The average molecular weight is 243 g/mol. The van der Waals surface area contributed by atoms with Crippen LogP contribution in [0.3, 0.4) is 0 Å². The van der Waals surface area contributed by atoms with E-state index in [2.05, 4.69) is 10.0 Å². The average Bonchev–Trinajstić information content (AvgIpc) is 2.87. The molecule has 0 amide bonds. The molecule has 1 saturated heterocycles. The molecule has 1 atom stereocenters. The van der Waals surface area contributed by atoms with Crippen molar-refractivity contribution in [1.29, 1.82) is 0 Å². The fraction of sp³-hybridized carbons (Fsp3) is 0.385. The summed E-state index contributed by atoms with van der Waals surface area (Å²) in [5, 5.41) is 4.66. The smallest absolute Gasteiger partial charge is 0.137 e. The quantitative estimate of drug-likeness (QED) is 0.449. The summed E-state index contributed by atoms with van der Waals surface area (Å²) in [6.45, 7) is 1.53. The molecule has 1 aliphatic rings. The molecule has 1 unspecified atom stereocenters. The van der Waals surface area contributed by atoms with Gasteiger partial charge in [-0.15, -0.1) is 0 Å². The van der Waals surface area contributed by atoms with E-state index in [0.717, 1.165) is 36.0 Å². The Bertz CT molecular complexity index is 608. The molecule has 0 bridgehead atoms. The Hall–Kier alpha value is -1.97. The van der Waals surface area contributed by atoms with Gasteiger partial charge in [-0.05, 0) is 36.6 Å². The monoisotopic (exact) mass is 243 g/mol. The Morgan fingerprint density at radius 3 is 3.11 bits per heavy atom. The summed E-state index contributed by atoms with van der Waals surface area (Å²) < 4.78 is 11.1. The Morgan fingerprint density at radius 2 is 2.33 bits per heavy atom. The van der Waals surface area contributed by atoms with Crippen molar-refractivity contribution in [3.8, 4) is 0 Å². The van der Waals surface area contributed by atoms with Crippen molar-refractivity contribution in [2.45, 2.75) is 18.8 Å². The van der Waals surface area contributed by atoms with Crippen LogP contribution in [0.2, 0.25) is 0 Å². The van der Waals surface area contributed by atoms with Gasteiger partial charge in [0, 0.05) is 34.1 Å². The highest BCUT2D eigenvalue weighted by molar-refractivity contribution is 5.84. The lowest BCUT2D eigenvalue weighted by atomic mass is 9.92. The predicted molar refractivity (Wildman–Crippen MR) is 67.8 cm³/mol. The molecule has 1 aromatic heterocycles. The van der Waals surface area contributed by atoms with Gasteiger partial charge >= 0.3 is 0 Å². The third-order valence-electron chi connectivity index (χ3n) is 3.32. The summed E-state index contributed by atoms with van der Waals surface area (Å²) in [5.74, 6) is 0.321. The molecule has 0 aliphatic carbocycles. The minimum atomic E-state index is 0.321. The Kier molecular flexibility index (Phi) is 2.92. The van der Waals surface area contributed by atoms with Gasteiger partial charge in [-0.1, -0.05) is 5.11 Å². The molecule has 0 N–H and O–H groups in total. The van der Waals surface area contributed by atoms with Crippen molar-refractivity contribution in [1.82, 2.24) is 0 Å². The number of azide groups is 1. The van der Waals surface area contributed by atoms with Gasteiger partial charge in [0.15, 0.2) is 0 Å². The zero-order valence-corrected chi connectivity index (χ0v) is 9.87. The second-order valence-electron chi connectivity index (χ2n) is 4.48. The molecule has 1 aliphatic heterocycles. The van der Waals surface area contributed by atoms with Gasteiger partial charge in [-0.3, -0.25) is 0 Å². The minimum absolute atomic E-state index is 0.321. The van der Waals surface area contributed by atoms with Crippen LogP contribution < -0.4 is 0 Å². The zero-order chi connectivity index (χ0) is 12.4. The second kappa shape index (κ2) is 4.72. The third-order valence-corrected chi connectivity index (χ3v) is 3.32. The van der Waals surface area contributed by atoms with E-state index in [4.69, 9.17) is 14.7 Å². The van der Waals surface area contributed by atoms with Crippen LogP contribution in [0.25, 0.3) is 21.4 Å². The van der Waals surface area contributed by atoms with E-state index in [-0.39, 0.29) is 0 Å². The predicted octanol–water partition coefficient (Wildman–Crippen LogP) is 4.27. The van der Waals surface area contributed by atoms with Crippen molar-refractivity contribution < 1.29 is 9.15 Å². The lowest BCUT2D eigenvalue weighted by Gasteiger charge is -2.22. The fourth-order valence-corrected chi connectivity index (χ4v) is 2.49. The van der Waals surface area contributed by atoms with Crippen LogP contribution in [0.4, 0.5) is 5.69 Å². The maximum Gasteiger partial charge on any atom is 0.137 e. The van der Waals surface area contributed by atoms with E-state index in [1.54, 1.807) is 6.26 Å². The molecule has 3 rings (SSSR count). The van der Waals surface area contributed by atoms with Gasteiger partial charge in [0.05, 0.1) is 12.9 Å². The van der Waals surface area contributed by atoms with E-state index in [0.29, 0.717) is 18.2 Å². The highest BCUT2D eigenvalue weighted by Crippen LogP contribution is 2.35. The second-order valence-corrected chi connectivity index (χ2v) is 4.48. The summed E-state index contributed by atoms with van der Waals surface area (Å²) in [4.78, 5) is 2.85. The van der Waals surface area contributed by atoms with Gasteiger partial charge < -0.3 is 9.15 Å². The van der Waals surface area contributed by atoms with Crippen LogP contribution in [0.5, 0.6) is 0 Å². The number of nitrogens with zero attached hydrogens (tertiary/aromatic N) is 3. The fourth-order valence-electron chi connectivity index (χ4n) is 2.49. The molecule has 92 valence electrons. The van der Waals surface area contributed by atoms with Crippen molar-refractivity contribution in [2.75, 3.05) is 13.2 Å². The maximum atomic E-state index is 8.55. The number of ether oxygens (including phenoxy) is 1. The maximum absolute atomic E-state index is 8.55. The van der Waals surface area contributed by atoms with Gasteiger partial charge in [0.25, 0.3) is 0 Å². The lowest BCUT2D eigenvalue weighted by molar-refractivity contribution is 0.0806. The minimum Gasteiger partial charge on any atom is -0.464 e. The van der Waals surface area contributed by atoms with Gasteiger partial charge in [0.1, 0.15) is 5.58 Å². The summed E-state index contributed by atoms with van der Waals surface area (Å²) in [6, 6.07) is 5.63. The normalized spacial score (nSPS) is 19.7. The van der Waals surface area contributed by atoms with Crippen molar-refractivity contribution >= 4 is 16.7 Å². The Labute approximate surface area is 104 Å². The molecule has 1 fully saturated rings. The van der Waals surface area contributed by atoms with Crippen LogP contribution in [0, 0.1) is 0 Å². The van der Waals surface area contributed by atoms with Crippen LogP contribution in [0.1, 0.15) is 24.3 Å². The van der Waals surface area contributed by atoms with Crippen LogP contribution in [0.15, 0.2) is 34.0 Å². The Morgan fingerprint density at radius 1 is 1.39 bits per heavy atom. The first-order valence-corrected chi connectivity index (χ1v) is 6.02. The number of furan rings is 1. The van der Waals surface area contributed by atoms with E-state index < -0.39 is 0 Å². The highest BCUT2D eigenvalue weighted by Gasteiger charge is 2.20. The SMILES string of the molecule is [N-]=[N+]=Nc1cc(C2CCCOC2)c2occc2c1. The van der Waals surface area contributed by atoms with Crippen LogP contribution in [-0.4, -0.2) is 13.2 Å². The molecule has 0 radical (unpaired) electrons. The molecule has 1 aromatic carbocycles. The molecule has 5 heteroatoms. The standard InChI is InChI=1S/C13H13N3O2/c14-16-15-11-6-9-3-5-18-13(9)12(7-11)10-2-1-4-17-8-10/h3,5-7,10H,1-2,4,8H2. The number of hydrogen-bond donors (Lipinski definition) is 0. The van der Waals surface area contributed by atoms with Gasteiger partial charge in [-0.25, -0.2) is 0 Å². The summed E-state index contributed by atoms with van der Waals surface area (Å²) in [5.41, 5.74) is 11.1. The van der Waals surface area contributed by atoms with E-state index in [1.807, 2.05) is 18.2 Å². The number of hydrogen-bond acceptors (Lipinski definition) is 3. The van der Waals surface area contributed by atoms with Crippen molar-refractivity contribution in [3.63, 3.8) is 0 Å². The molecule has 0 spiro atoms. The molecular formula is C13H13N3O2. The first kappa shape index (κ1) is 11.1. The Balaban J connectivity index is 2.12. The first-order chi connectivity index (χ1) is 8.88. The lowest BCUT2D eigenvalue weighted by Crippen LogP contribution is -2.15. The molecular weight excluding hydrogens is 230 g/mol. The zero-order valence-electron chi connectivity index (χ0n) is 9.87. The molecule has 18 heavy (non-hydrogen) atoms. The van der Waals surface area contributed by atoms with Crippen molar-refractivity contribution in [3.05, 3.63) is 40.5 Å². The highest BCUT2D eigenvalue weighted by atomic mass is 16.5. The number of rotatable bonds is 2. The summed E-state index contributed by atoms with van der Waals surface area (Å²) in [6.07, 6.45) is 3.80. The van der Waals surface area contributed by atoms with Crippen LogP contribution >= 0.6 is 0 Å². The van der Waals surface area contributed by atoms with E-state index >= 15 is 0 Å². The molecule has 0 saturated carbocycles.